The average Bonchev–Trinajstić information content (AvgIpc) is 2.41. The highest BCUT2D eigenvalue weighted by atomic mass is 19.1. The summed E-state index contributed by atoms with van der Waals surface area (Å²) in [7, 11) is 0. The van der Waals surface area contributed by atoms with Crippen LogP contribution in [0.4, 0.5) is 4.39 Å². The van der Waals surface area contributed by atoms with Crippen LogP contribution < -0.4 is 0 Å². The van der Waals surface area contributed by atoms with Crippen LogP contribution in [0.1, 0.15) is 44.1 Å². The maximum absolute atomic E-state index is 13.6. The van der Waals surface area contributed by atoms with E-state index in [0.717, 1.165) is 19.3 Å². The number of benzene rings is 1. The van der Waals surface area contributed by atoms with Gasteiger partial charge in [0.25, 0.3) is 0 Å². The molecule has 1 aliphatic rings. The lowest BCUT2D eigenvalue weighted by molar-refractivity contribution is -0.145. The average molecular weight is 280 g/mol. The molecule has 1 fully saturated rings. The van der Waals surface area contributed by atoms with E-state index in [4.69, 9.17) is 0 Å². The zero-order valence-electron chi connectivity index (χ0n) is 11.5. The molecule has 2 N–H and O–H groups in total. The van der Waals surface area contributed by atoms with Gasteiger partial charge in [-0.2, -0.15) is 0 Å². The van der Waals surface area contributed by atoms with Gasteiger partial charge >= 0.3 is 5.97 Å². The Balaban J connectivity index is 2.08. The lowest BCUT2D eigenvalue weighted by Gasteiger charge is -2.34. The summed E-state index contributed by atoms with van der Waals surface area (Å²) in [6.45, 7) is 0. The van der Waals surface area contributed by atoms with Crippen LogP contribution in [0.5, 0.6) is 0 Å². The van der Waals surface area contributed by atoms with Gasteiger partial charge in [0, 0.05) is 0 Å². The number of hydrogen-bond acceptors (Lipinski definition) is 2. The first-order chi connectivity index (χ1) is 9.50. The molecule has 0 spiro atoms. The minimum Gasteiger partial charge on any atom is -0.481 e. The van der Waals surface area contributed by atoms with Gasteiger partial charge in [-0.05, 0) is 37.3 Å². The smallest absolute Gasteiger partial charge is 0.306 e. The molecule has 1 aromatic rings. The predicted molar refractivity (Wildman–Crippen MR) is 73.9 cm³/mol. The number of halogens is 1. The molecule has 110 valence electrons. The first kappa shape index (κ1) is 15.0. The van der Waals surface area contributed by atoms with E-state index in [1.807, 2.05) is 0 Å². The first-order valence-electron chi connectivity index (χ1n) is 7.19. The quantitative estimate of drug-likeness (QED) is 0.871. The molecular formula is C16H21FO3. The van der Waals surface area contributed by atoms with Crippen molar-refractivity contribution < 1.29 is 19.4 Å². The molecule has 0 saturated heterocycles. The molecule has 4 heteroatoms. The minimum absolute atomic E-state index is 0.129. The number of hydrogen-bond donors (Lipinski definition) is 2. The van der Waals surface area contributed by atoms with Gasteiger partial charge in [-0.1, -0.05) is 37.5 Å². The van der Waals surface area contributed by atoms with Gasteiger partial charge in [-0.25, -0.2) is 4.39 Å². The van der Waals surface area contributed by atoms with Crippen LogP contribution in [0.3, 0.4) is 0 Å². The van der Waals surface area contributed by atoms with Crippen molar-refractivity contribution in [3.8, 4) is 0 Å². The Morgan fingerprint density at radius 3 is 2.50 bits per heavy atom. The maximum atomic E-state index is 13.6. The van der Waals surface area contributed by atoms with Gasteiger partial charge in [-0.3, -0.25) is 4.79 Å². The highest BCUT2D eigenvalue weighted by Crippen LogP contribution is 2.34. The van der Waals surface area contributed by atoms with Crippen LogP contribution in [-0.4, -0.2) is 21.8 Å². The number of carboxylic acid groups (broad SMARTS) is 1. The second-order valence-corrected chi connectivity index (χ2v) is 5.82. The van der Waals surface area contributed by atoms with Gasteiger partial charge in [0.05, 0.1) is 11.5 Å². The molecule has 0 heterocycles. The lowest BCUT2D eigenvalue weighted by atomic mass is 9.77. The van der Waals surface area contributed by atoms with E-state index in [1.165, 1.54) is 6.07 Å². The van der Waals surface area contributed by atoms with Crippen LogP contribution in [0.25, 0.3) is 0 Å². The first-order valence-corrected chi connectivity index (χ1v) is 7.19. The summed E-state index contributed by atoms with van der Waals surface area (Å²) in [5.74, 6) is -2.09. The highest BCUT2D eigenvalue weighted by molar-refractivity contribution is 5.70. The number of carbonyl (C=O) groups is 1. The second-order valence-electron chi connectivity index (χ2n) is 5.82. The second kappa shape index (κ2) is 6.35. The fourth-order valence-corrected chi connectivity index (χ4v) is 3.05. The summed E-state index contributed by atoms with van der Waals surface area (Å²) in [6, 6.07) is 6.23. The van der Waals surface area contributed by atoms with E-state index in [1.54, 1.807) is 18.2 Å². The summed E-state index contributed by atoms with van der Waals surface area (Å²) < 4.78 is 13.6. The Hall–Kier alpha value is -1.42. The summed E-state index contributed by atoms with van der Waals surface area (Å²) in [6.07, 6.45) is 4.58. The Morgan fingerprint density at radius 2 is 1.90 bits per heavy atom. The number of carboxylic acids is 1. The topological polar surface area (TPSA) is 57.5 Å². The Morgan fingerprint density at radius 1 is 1.25 bits per heavy atom. The van der Waals surface area contributed by atoms with Gasteiger partial charge in [0.1, 0.15) is 5.82 Å². The zero-order valence-corrected chi connectivity index (χ0v) is 11.5. The molecular weight excluding hydrogens is 259 g/mol. The van der Waals surface area contributed by atoms with Gasteiger partial charge < -0.3 is 10.2 Å². The molecule has 1 unspecified atom stereocenters. The van der Waals surface area contributed by atoms with Crippen LogP contribution >= 0.6 is 0 Å². The standard InChI is InChI=1S/C16H21FO3/c17-14-7-3-2-6-12(14)10-13(15(18)19)11-16(20)8-4-1-5-9-16/h2-3,6-7,13,20H,1,4-5,8-11H2,(H,18,19). The van der Waals surface area contributed by atoms with Crippen molar-refractivity contribution in [1.29, 1.82) is 0 Å². The van der Waals surface area contributed by atoms with Crippen LogP contribution in [0.15, 0.2) is 24.3 Å². The van der Waals surface area contributed by atoms with E-state index in [2.05, 4.69) is 0 Å². The monoisotopic (exact) mass is 280 g/mol. The van der Waals surface area contributed by atoms with Gasteiger partial charge in [0.15, 0.2) is 0 Å². The van der Waals surface area contributed by atoms with Crippen molar-refractivity contribution in [1.82, 2.24) is 0 Å². The van der Waals surface area contributed by atoms with E-state index in [0.29, 0.717) is 18.4 Å². The third-order valence-corrected chi connectivity index (χ3v) is 4.18. The fourth-order valence-electron chi connectivity index (χ4n) is 3.05. The molecule has 0 aromatic heterocycles. The summed E-state index contributed by atoms with van der Waals surface area (Å²) in [4.78, 5) is 11.4. The van der Waals surface area contributed by atoms with Crippen LogP contribution in [0.2, 0.25) is 0 Å². The summed E-state index contributed by atoms with van der Waals surface area (Å²) >= 11 is 0. The molecule has 3 nitrogen and oxygen atoms in total. The summed E-state index contributed by atoms with van der Waals surface area (Å²) in [5, 5.41) is 19.8. The molecule has 20 heavy (non-hydrogen) atoms. The van der Waals surface area contributed by atoms with Crippen molar-refractivity contribution in [2.45, 2.75) is 50.5 Å². The Bertz CT molecular complexity index is 467. The molecule has 0 bridgehead atoms. The maximum Gasteiger partial charge on any atom is 0.306 e. The Kier molecular flexibility index (Phi) is 4.76. The normalized spacial score (nSPS) is 19.5. The van der Waals surface area contributed by atoms with Gasteiger partial charge in [0.2, 0.25) is 0 Å². The van der Waals surface area contributed by atoms with Crippen molar-refractivity contribution in [3.05, 3.63) is 35.6 Å². The van der Waals surface area contributed by atoms with Crippen molar-refractivity contribution in [3.63, 3.8) is 0 Å². The highest BCUT2D eigenvalue weighted by Gasteiger charge is 2.35. The molecule has 0 aliphatic heterocycles. The fraction of sp³-hybridized carbons (Fsp3) is 0.562. The lowest BCUT2D eigenvalue weighted by Crippen LogP contribution is -2.36. The van der Waals surface area contributed by atoms with E-state index in [9.17, 15) is 19.4 Å². The van der Waals surface area contributed by atoms with Crippen molar-refractivity contribution >= 4 is 5.97 Å². The van der Waals surface area contributed by atoms with E-state index in [-0.39, 0.29) is 18.7 Å². The molecule has 0 radical (unpaired) electrons. The third kappa shape index (κ3) is 3.79. The molecule has 1 atom stereocenters. The van der Waals surface area contributed by atoms with Gasteiger partial charge in [-0.15, -0.1) is 0 Å². The van der Waals surface area contributed by atoms with E-state index < -0.39 is 17.5 Å². The molecule has 1 saturated carbocycles. The summed E-state index contributed by atoms with van der Waals surface area (Å²) in [5.41, 5.74) is -0.494. The number of aliphatic hydroxyl groups is 1. The number of aliphatic carboxylic acids is 1. The minimum atomic E-state index is -0.966. The largest absolute Gasteiger partial charge is 0.481 e. The van der Waals surface area contributed by atoms with Crippen molar-refractivity contribution in [2.24, 2.45) is 5.92 Å². The zero-order chi connectivity index (χ0) is 14.6. The molecule has 2 rings (SSSR count). The SMILES string of the molecule is O=C(O)C(Cc1ccccc1F)CC1(O)CCCCC1. The predicted octanol–water partition coefficient (Wildman–Crippen LogP) is 3.15. The third-order valence-electron chi connectivity index (χ3n) is 4.18. The molecule has 1 aromatic carbocycles. The van der Waals surface area contributed by atoms with Crippen molar-refractivity contribution in [2.75, 3.05) is 0 Å². The van der Waals surface area contributed by atoms with Crippen LogP contribution in [0, 0.1) is 11.7 Å². The van der Waals surface area contributed by atoms with E-state index >= 15 is 0 Å². The Labute approximate surface area is 118 Å². The molecule has 1 aliphatic carbocycles. The number of rotatable bonds is 5. The van der Waals surface area contributed by atoms with Crippen LogP contribution in [-0.2, 0) is 11.2 Å². The molecule has 0 amide bonds.